The van der Waals surface area contributed by atoms with Crippen molar-refractivity contribution in [2.24, 2.45) is 0 Å². The van der Waals surface area contributed by atoms with E-state index >= 15 is 0 Å². The molecule has 0 saturated heterocycles. The monoisotopic (exact) mass is 335 g/mol. The van der Waals surface area contributed by atoms with Crippen LogP contribution < -0.4 is 5.32 Å². The highest BCUT2D eigenvalue weighted by atomic mass is 79.9. The van der Waals surface area contributed by atoms with Gasteiger partial charge in [-0.1, -0.05) is 27.5 Å². The minimum absolute atomic E-state index is 0.0473. The molecule has 2 aromatic rings. The van der Waals surface area contributed by atoms with E-state index in [0.29, 0.717) is 10.6 Å². The third-order valence-corrected chi connectivity index (χ3v) is 3.24. The second-order valence-electron chi connectivity index (χ2n) is 3.86. The molecule has 0 aliphatic heterocycles. The Hall–Kier alpha value is -1.58. The molecule has 0 aliphatic carbocycles. The largest absolute Gasteiger partial charge is 0.362 e. The topological polar surface area (TPSA) is 29.1 Å². The highest BCUT2D eigenvalue weighted by molar-refractivity contribution is 9.10. The third-order valence-electron chi connectivity index (χ3n) is 2.46. The first-order valence-electron chi connectivity index (χ1n) is 5.64. The van der Waals surface area contributed by atoms with Crippen LogP contribution in [0.3, 0.4) is 0 Å². The van der Waals surface area contributed by atoms with Gasteiger partial charge in [-0.2, -0.15) is 0 Å². The number of nitrogens with one attached hydrogen (secondary N) is 1. The van der Waals surface area contributed by atoms with Crippen LogP contribution in [0, 0.1) is 0 Å². The lowest BCUT2D eigenvalue weighted by Crippen LogP contribution is -1.95. The van der Waals surface area contributed by atoms with Crippen LogP contribution in [-0.2, 0) is 0 Å². The second kappa shape index (κ2) is 6.55. The van der Waals surface area contributed by atoms with E-state index in [9.17, 15) is 4.79 Å². The van der Waals surface area contributed by atoms with E-state index in [1.165, 1.54) is 6.08 Å². The van der Waals surface area contributed by atoms with Crippen molar-refractivity contribution in [3.63, 3.8) is 0 Å². The molecule has 2 nitrogen and oxygen atoms in total. The van der Waals surface area contributed by atoms with Gasteiger partial charge in [0.25, 0.3) is 0 Å². The van der Waals surface area contributed by atoms with Crippen LogP contribution in [0.4, 0.5) is 5.69 Å². The van der Waals surface area contributed by atoms with Gasteiger partial charge in [-0.15, -0.1) is 0 Å². The summed E-state index contributed by atoms with van der Waals surface area (Å²) in [6.45, 7) is 0. The van der Waals surface area contributed by atoms with Gasteiger partial charge >= 0.3 is 0 Å². The van der Waals surface area contributed by atoms with Crippen LogP contribution in [0.1, 0.15) is 10.4 Å². The van der Waals surface area contributed by atoms with Crippen molar-refractivity contribution in [1.29, 1.82) is 0 Å². The number of carbonyl (C=O) groups excluding carboxylic acids is 1. The number of ketones is 1. The van der Waals surface area contributed by atoms with Crippen LogP contribution in [-0.4, -0.2) is 5.78 Å². The van der Waals surface area contributed by atoms with Crippen molar-refractivity contribution in [2.45, 2.75) is 0 Å². The minimum atomic E-state index is -0.0473. The molecule has 0 saturated carbocycles. The number of carbonyl (C=O) groups is 1. The first-order valence-corrected chi connectivity index (χ1v) is 6.81. The molecule has 2 aromatic carbocycles. The molecule has 0 unspecified atom stereocenters. The molecular weight excluding hydrogens is 326 g/mol. The summed E-state index contributed by atoms with van der Waals surface area (Å²) in [4.78, 5) is 11.8. The third kappa shape index (κ3) is 4.23. The molecule has 1 N–H and O–H groups in total. The maximum Gasteiger partial charge on any atom is 0.187 e. The zero-order chi connectivity index (χ0) is 13.7. The quantitative estimate of drug-likeness (QED) is 0.635. The van der Waals surface area contributed by atoms with E-state index in [2.05, 4.69) is 21.2 Å². The fraction of sp³-hybridized carbons (Fsp3) is 0. The lowest BCUT2D eigenvalue weighted by molar-refractivity contribution is 0.104. The first-order chi connectivity index (χ1) is 9.15. The summed E-state index contributed by atoms with van der Waals surface area (Å²) in [5, 5.41) is 3.70. The van der Waals surface area contributed by atoms with Crippen LogP contribution in [0.2, 0.25) is 5.02 Å². The van der Waals surface area contributed by atoms with Crippen LogP contribution in [0.15, 0.2) is 65.3 Å². The van der Waals surface area contributed by atoms with Gasteiger partial charge in [-0.05, 0) is 48.5 Å². The van der Waals surface area contributed by atoms with Crippen LogP contribution in [0.5, 0.6) is 0 Å². The molecule has 4 heteroatoms. The summed E-state index contributed by atoms with van der Waals surface area (Å²) in [6, 6.07) is 14.5. The second-order valence-corrected chi connectivity index (χ2v) is 5.21. The Balaban J connectivity index is 1.97. The van der Waals surface area contributed by atoms with Gasteiger partial charge in [-0.25, -0.2) is 0 Å². The number of hydrogen-bond donors (Lipinski definition) is 1. The van der Waals surface area contributed by atoms with E-state index in [-0.39, 0.29) is 5.78 Å². The van der Waals surface area contributed by atoms with E-state index in [1.54, 1.807) is 30.5 Å². The summed E-state index contributed by atoms with van der Waals surface area (Å²) in [5.41, 5.74) is 1.53. The van der Waals surface area contributed by atoms with Gasteiger partial charge in [0.05, 0.1) is 0 Å². The van der Waals surface area contributed by atoms with Gasteiger partial charge in [0.2, 0.25) is 0 Å². The first kappa shape index (κ1) is 13.8. The average Bonchev–Trinajstić information content (AvgIpc) is 2.41. The van der Waals surface area contributed by atoms with E-state index in [4.69, 9.17) is 11.6 Å². The molecule has 0 aliphatic rings. The molecule has 0 bridgehead atoms. The molecule has 19 heavy (non-hydrogen) atoms. The molecule has 0 amide bonds. The fourth-order valence-corrected chi connectivity index (χ4v) is 1.86. The average molecular weight is 337 g/mol. The predicted molar refractivity (Wildman–Crippen MR) is 82.7 cm³/mol. The highest BCUT2D eigenvalue weighted by Gasteiger charge is 2.00. The number of hydrogen-bond acceptors (Lipinski definition) is 2. The van der Waals surface area contributed by atoms with Crippen molar-refractivity contribution < 1.29 is 4.79 Å². The highest BCUT2D eigenvalue weighted by Crippen LogP contribution is 2.14. The van der Waals surface area contributed by atoms with Crippen molar-refractivity contribution in [3.8, 4) is 0 Å². The normalized spacial score (nSPS) is 10.6. The van der Waals surface area contributed by atoms with Crippen LogP contribution in [0.25, 0.3) is 0 Å². The van der Waals surface area contributed by atoms with E-state index in [1.807, 2.05) is 24.3 Å². The summed E-state index contributed by atoms with van der Waals surface area (Å²) >= 11 is 9.12. The molecule has 0 atom stereocenters. The van der Waals surface area contributed by atoms with E-state index in [0.717, 1.165) is 10.2 Å². The SMILES string of the molecule is O=C(C=CNc1ccc(Cl)cc1)c1ccc(Br)cc1. The Morgan fingerprint density at radius 1 is 1.05 bits per heavy atom. The summed E-state index contributed by atoms with van der Waals surface area (Å²) in [7, 11) is 0. The summed E-state index contributed by atoms with van der Waals surface area (Å²) < 4.78 is 0.951. The van der Waals surface area contributed by atoms with Gasteiger partial charge in [-0.3, -0.25) is 4.79 Å². The summed E-state index contributed by atoms with van der Waals surface area (Å²) in [5.74, 6) is -0.0473. The number of halogens is 2. The maximum atomic E-state index is 11.8. The van der Waals surface area contributed by atoms with Gasteiger partial charge in [0.1, 0.15) is 0 Å². The predicted octanol–water partition coefficient (Wildman–Crippen LogP) is 4.91. The van der Waals surface area contributed by atoms with Crippen molar-refractivity contribution in [3.05, 3.63) is 75.9 Å². The molecular formula is C15H11BrClNO. The van der Waals surface area contributed by atoms with Gasteiger partial charge < -0.3 is 5.32 Å². The molecule has 0 aromatic heterocycles. The van der Waals surface area contributed by atoms with E-state index < -0.39 is 0 Å². The maximum absolute atomic E-state index is 11.8. The Labute approximate surface area is 125 Å². The Bertz CT molecular complexity index is 591. The Morgan fingerprint density at radius 2 is 1.68 bits per heavy atom. The molecule has 2 rings (SSSR count). The van der Waals surface area contributed by atoms with Crippen LogP contribution >= 0.6 is 27.5 Å². The van der Waals surface area contributed by atoms with Crippen molar-refractivity contribution in [2.75, 3.05) is 5.32 Å². The molecule has 0 heterocycles. The zero-order valence-corrected chi connectivity index (χ0v) is 12.3. The lowest BCUT2D eigenvalue weighted by Gasteiger charge is -2.00. The molecule has 0 radical (unpaired) electrons. The smallest absolute Gasteiger partial charge is 0.187 e. The number of anilines is 1. The standard InChI is InChI=1S/C15H11BrClNO/c16-12-3-1-11(2-4-12)15(19)9-10-18-14-7-5-13(17)6-8-14/h1-10,18H. The summed E-state index contributed by atoms with van der Waals surface area (Å²) in [6.07, 6.45) is 3.12. The molecule has 96 valence electrons. The Kier molecular flexibility index (Phi) is 4.77. The Morgan fingerprint density at radius 3 is 2.32 bits per heavy atom. The molecule has 0 fully saturated rings. The number of benzene rings is 2. The number of allylic oxidation sites excluding steroid dienone is 1. The number of rotatable bonds is 4. The zero-order valence-electron chi connectivity index (χ0n) is 9.94. The fourth-order valence-electron chi connectivity index (χ4n) is 1.47. The van der Waals surface area contributed by atoms with Crippen molar-refractivity contribution in [1.82, 2.24) is 0 Å². The lowest BCUT2D eigenvalue weighted by atomic mass is 10.1. The minimum Gasteiger partial charge on any atom is -0.362 e. The van der Waals surface area contributed by atoms with Gasteiger partial charge in [0, 0.05) is 33.0 Å². The molecule has 0 spiro atoms. The van der Waals surface area contributed by atoms with Gasteiger partial charge in [0.15, 0.2) is 5.78 Å². The van der Waals surface area contributed by atoms with Crippen molar-refractivity contribution >= 4 is 39.0 Å².